The highest BCUT2D eigenvalue weighted by atomic mass is 19.1. The second kappa shape index (κ2) is 5.28. The standard InChI is InChI=1S/C16H12FN3O/c1-20-10-18-19-16(20)15-8-13(17)5-6-14(15)12-4-2-3-11(7-12)9-21/h2-10H,1H3. The van der Waals surface area contributed by atoms with Crippen LogP contribution < -0.4 is 0 Å². The molecule has 3 rings (SSSR count). The summed E-state index contributed by atoms with van der Waals surface area (Å²) < 4.78 is 15.3. The first-order valence-electron chi connectivity index (χ1n) is 6.38. The molecule has 3 aromatic rings. The van der Waals surface area contributed by atoms with Crippen molar-refractivity contribution in [2.24, 2.45) is 7.05 Å². The maximum absolute atomic E-state index is 13.6. The van der Waals surface area contributed by atoms with Crippen LogP contribution in [0.25, 0.3) is 22.5 Å². The van der Waals surface area contributed by atoms with Crippen molar-refractivity contribution in [3.05, 3.63) is 60.2 Å². The van der Waals surface area contributed by atoms with Crippen LogP contribution >= 0.6 is 0 Å². The number of carbonyl (C=O) groups excluding carboxylic acids is 1. The summed E-state index contributed by atoms with van der Waals surface area (Å²) in [4.78, 5) is 10.9. The predicted molar refractivity (Wildman–Crippen MR) is 77.2 cm³/mol. The summed E-state index contributed by atoms with van der Waals surface area (Å²) in [6.45, 7) is 0. The molecule has 4 nitrogen and oxygen atoms in total. The topological polar surface area (TPSA) is 47.8 Å². The lowest BCUT2D eigenvalue weighted by Gasteiger charge is -2.10. The van der Waals surface area contributed by atoms with Gasteiger partial charge in [-0.3, -0.25) is 4.79 Å². The second-order valence-corrected chi connectivity index (χ2v) is 4.70. The molecule has 21 heavy (non-hydrogen) atoms. The highest BCUT2D eigenvalue weighted by molar-refractivity contribution is 5.84. The van der Waals surface area contributed by atoms with Gasteiger partial charge in [0.05, 0.1) is 0 Å². The molecule has 0 aliphatic carbocycles. The molecule has 1 aromatic heterocycles. The van der Waals surface area contributed by atoms with Crippen molar-refractivity contribution < 1.29 is 9.18 Å². The van der Waals surface area contributed by atoms with Crippen LogP contribution in [-0.4, -0.2) is 21.1 Å². The van der Waals surface area contributed by atoms with Crippen LogP contribution in [0.1, 0.15) is 10.4 Å². The Hall–Kier alpha value is -2.82. The van der Waals surface area contributed by atoms with E-state index in [0.29, 0.717) is 17.0 Å². The highest BCUT2D eigenvalue weighted by Crippen LogP contribution is 2.31. The third-order valence-corrected chi connectivity index (χ3v) is 3.27. The van der Waals surface area contributed by atoms with Gasteiger partial charge in [-0.2, -0.15) is 0 Å². The van der Waals surface area contributed by atoms with Crippen molar-refractivity contribution in [2.45, 2.75) is 0 Å². The van der Waals surface area contributed by atoms with Crippen molar-refractivity contribution in [1.82, 2.24) is 14.8 Å². The molecule has 0 fully saturated rings. The number of halogens is 1. The Morgan fingerprint density at radius 1 is 1.14 bits per heavy atom. The zero-order chi connectivity index (χ0) is 14.8. The molecule has 5 heteroatoms. The molecule has 0 saturated heterocycles. The number of benzene rings is 2. The number of nitrogens with zero attached hydrogens (tertiary/aromatic N) is 3. The quantitative estimate of drug-likeness (QED) is 0.693. The van der Waals surface area contributed by atoms with Gasteiger partial charge >= 0.3 is 0 Å². The number of aryl methyl sites for hydroxylation is 1. The van der Waals surface area contributed by atoms with Gasteiger partial charge in [0, 0.05) is 18.2 Å². The van der Waals surface area contributed by atoms with Crippen LogP contribution in [0.4, 0.5) is 4.39 Å². The van der Waals surface area contributed by atoms with E-state index in [-0.39, 0.29) is 5.82 Å². The minimum Gasteiger partial charge on any atom is -0.317 e. The zero-order valence-electron chi connectivity index (χ0n) is 11.3. The Morgan fingerprint density at radius 2 is 2.00 bits per heavy atom. The largest absolute Gasteiger partial charge is 0.317 e. The van der Waals surface area contributed by atoms with Crippen LogP contribution in [0, 0.1) is 5.82 Å². The van der Waals surface area contributed by atoms with Crippen molar-refractivity contribution in [3.63, 3.8) is 0 Å². The molecule has 0 N–H and O–H groups in total. The van der Waals surface area contributed by atoms with Gasteiger partial charge in [-0.15, -0.1) is 10.2 Å². The Kier molecular flexibility index (Phi) is 3.31. The Balaban J connectivity index is 2.23. The summed E-state index contributed by atoms with van der Waals surface area (Å²) in [6.07, 6.45) is 2.35. The fourth-order valence-corrected chi connectivity index (χ4v) is 2.26. The lowest BCUT2D eigenvalue weighted by molar-refractivity contribution is 0.112. The lowest BCUT2D eigenvalue weighted by Crippen LogP contribution is -1.95. The van der Waals surface area contributed by atoms with Crippen molar-refractivity contribution >= 4 is 6.29 Å². The van der Waals surface area contributed by atoms with Gasteiger partial charge in [-0.25, -0.2) is 4.39 Å². The summed E-state index contributed by atoms with van der Waals surface area (Å²) in [5.74, 6) is 0.226. The first-order valence-corrected chi connectivity index (χ1v) is 6.38. The molecule has 0 aliphatic rings. The molecule has 0 amide bonds. The summed E-state index contributed by atoms with van der Waals surface area (Å²) >= 11 is 0. The first-order chi connectivity index (χ1) is 10.2. The molecule has 0 bridgehead atoms. The lowest BCUT2D eigenvalue weighted by atomic mass is 9.97. The summed E-state index contributed by atoms with van der Waals surface area (Å²) in [7, 11) is 1.80. The first kappa shape index (κ1) is 13.2. The molecule has 0 saturated carbocycles. The second-order valence-electron chi connectivity index (χ2n) is 4.70. The monoisotopic (exact) mass is 281 g/mol. The van der Waals surface area contributed by atoms with E-state index in [9.17, 15) is 9.18 Å². The molecule has 0 radical (unpaired) electrons. The predicted octanol–water partition coefficient (Wildman–Crippen LogP) is 3.10. The Morgan fingerprint density at radius 3 is 2.71 bits per heavy atom. The van der Waals surface area contributed by atoms with E-state index in [1.165, 1.54) is 12.1 Å². The third-order valence-electron chi connectivity index (χ3n) is 3.27. The fraction of sp³-hybridized carbons (Fsp3) is 0.0625. The van der Waals surface area contributed by atoms with Gasteiger partial charge < -0.3 is 4.57 Å². The minimum atomic E-state index is -0.344. The van der Waals surface area contributed by atoms with E-state index in [4.69, 9.17) is 0 Å². The Bertz CT molecular complexity index is 811. The molecule has 2 aromatic carbocycles. The molecular formula is C16H12FN3O. The number of rotatable bonds is 3. The molecule has 0 unspecified atom stereocenters. The van der Waals surface area contributed by atoms with E-state index in [2.05, 4.69) is 10.2 Å². The Labute approximate surface area is 120 Å². The summed E-state index contributed by atoms with van der Waals surface area (Å²) in [5, 5.41) is 7.86. The number of hydrogen-bond acceptors (Lipinski definition) is 3. The average molecular weight is 281 g/mol. The zero-order valence-corrected chi connectivity index (χ0v) is 11.3. The molecule has 0 atom stereocenters. The third kappa shape index (κ3) is 2.45. The smallest absolute Gasteiger partial charge is 0.164 e. The van der Waals surface area contributed by atoms with Gasteiger partial charge in [0.1, 0.15) is 18.4 Å². The van der Waals surface area contributed by atoms with Crippen LogP contribution in [0.3, 0.4) is 0 Å². The van der Waals surface area contributed by atoms with Crippen LogP contribution in [0.15, 0.2) is 48.8 Å². The van der Waals surface area contributed by atoms with Crippen LogP contribution in [-0.2, 0) is 7.05 Å². The van der Waals surface area contributed by atoms with Crippen LogP contribution in [0.5, 0.6) is 0 Å². The van der Waals surface area contributed by atoms with Crippen LogP contribution in [0.2, 0.25) is 0 Å². The fourth-order valence-electron chi connectivity index (χ4n) is 2.26. The minimum absolute atomic E-state index is 0.344. The number of hydrogen-bond donors (Lipinski definition) is 0. The average Bonchev–Trinajstić information content (AvgIpc) is 2.93. The van der Waals surface area contributed by atoms with Gasteiger partial charge in [-0.05, 0) is 29.3 Å². The van der Waals surface area contributed by atoms with E-state index in [1.54, 1.807) is 42.2 Å². The highest BCUT2D eigenvalue weighted by Gasteiger charge is 2.13. The van der Waals surface area contributed by atoms with Crippen molar-refractivity contribution in [2.75, 3.05) is 0 Å². The van der Waals surface area contributed by atoms with E-state index in [1.807, 2.05) is 6.07 Å². The molecule has 1 heterocycles. The summed E-state index contributed by atoms with van der Waals surface area (Å²) in [6, 6.07) is 11.7. The number of carbonyl (C=O) groups is 1. The maximum Gasteiger partial charge on any atom is 0.164 e. The SMILES string of the molecule is Cn1cnnc1-c1cc(F)ccc1-c1cccc(C=O)c1. The van der Waals surface area contributed by atoms with Gasteiger partial charge in [0.25, 0.3) is 0 Å². The van der Waals surface area contributed by atoms with E-state index >= 15 is 0 Å². The van der Waals surface area contributed by atoms with E-state index < -0.39 is 0 Å². The van der Waals surface area contributed by atoms with E-state index in [0.717, 1.165) is 17.4 Å². The molecule has 0 spiro atoms. The van der Waals surface area contributed by atoms with Crippen molar-refractivity contribution in [1.29, 1.82) is 0 Å². The molecular weight excluding hydrogens is 269 g/mol. The van der Waals surface area contributed by atoms with Gasteiger partial charge in [-0.1, -0.05) is 24.3 Å². The maximum atomic E-state index is 13.6. The molecule has 104 valence electrons. The molecule has 0 aliphatic heterocycles. The van der Waals surface area contributed by atoms with Gasteiger partial charge in [0.2, 0.25) is 0 Å². The number of aldehydes is 1. The van der Waals surface area contributed by atoms with Crippen molar-refractivity contribution in [3.8, 4) is 22.5 Å². The number of aromatic nitrogens is 3. The summed E-state index contributed by atoms with van der Waals surface area (Å²) in [5.41, 5.74) is 2.84. The normalized spacial score (nSPS) is 10.6. The van der Waals surface area contributed by atoms with Gasteiger partial charge in [0.15, 0.2) is 5.82 Å².